The van der Waals surface area contributed by atoms with Gasteiger partial charge in [0.25, 0.3) is 0 Å². The van der Waals surface area contributed by atoms with Crippen molar-refractivity contribution in [1.82, 2.24) is 5.32 Å². The van der Waals surface area contributed by atoms with E-state index < -0.39 is 28.2 Å². The Hall–Kier alpha value is -3.34. The number of ether oxygens (including phenoxy) is 2. The van der Waals surface area contributed by atoms with Gasteiger partial charge in [0.1, 0.15) is 41.0 Å². The highest BCUT2D eigenvalue weighted by Gasteiger charge is 2.19. The predicted octanol–water partition coefficient (Wildman–Crippen LogP) is 4.04. The number of alkyl carbamates (subject to hydrolysis) is 1. The monoisotopic (exact) mass is 531 g/mol. The van der Waals surface area contributed by atoms with E-state index in [1.807, 2.05) is 49.4 Å². The average Bonchev–Trinajstić information content (AvgIpc) is 2.84. The molecule has 192 valence electrons. The number of carbonyl (C=O) groups excluding carboxylic acids is 2. The first-order valence-electron chi connectivity index (χ1n) is 10.8. The maximum absolute atomic E-state index is 12.1. The predicted molar refractivity (Wildman–Crippen MR) is 138 cm³/mol. The summed E-state index contributed by atoms with van der Waals surface area (Å²) in [5, 5.41) is 2.47. The summed E-state index contributed by atoms with van der Waals surface area (Å²) in [5.41, 5.74) is 1.80. The maximum Gasteiger partial charge on any atom is 0.408 e. The van der Waals surface area contributed by atoms with E-state index in [9.17, 15) is 22.6 Å². The first-order valence-corrected chi connectivity index (χ1v) is 14.3. The van der Waals surface area contributed by atoms with Crippen molar-refractivity contribution in [3.8, 4) is 5.75 Å². The van der Waals surface area contributed by atoms with E-state index in [2.05, 4.69) is 17.8 Å². The Balaban J connectivity index is 0.000000346. The molecule has 1 N–H and O–H groups in total. The molecule has 0 saturated carbocycles. The van der Waals surface area contributed by atoms with Crippen LogP contribution < -0.4 is 10.1 Å². The van der Waals surface area contributed by atoms with Gasteiger partial charge in [-0.05, 0) is 55.8 Å². The van der Waals surface area contributed by atoms with Crippen molar-refractivity contribution in [3.05, 3.63) is 90.0 Å². The Morgan fingerprint density at radius 3 is 2.06 bits per heavy atom. The van der Waals surface area contributed by atoms with Gasteiger partial charge >= 0.3 is 12.1 Å². The van der Waals surface area contributed by atoms with Crippen LogP contribution in [-0.2, 0) is 37.2 Å². The van der Waals surface area contributed by atoms with Crippen LogP contribution in [0.3, 0.4) is 0 Å². The first-order chi connectivity index (χ1) is 17.0. The molecule has 0 aliphatic rings. The Kier molecular flexibility index (Phi) is 11.0. The lowest BCUT2D eigenvalue weighted by Crippen LogP contribution is -2.41. The molecule has 0 aromatic heterocycles. The van der Waals surface area contributed by atoms with Crippen LogP contribution >= 0.6 is 0 Å². The summed E-state index contributed by atoms with van der Waals surface area (Å²) < 4.78 is 41.5. The van der Waals surface area contributed by atoms with E-state index in [1.165, 1.54) is 17.0 Å². The smallest absolute Gasteiger partial charge is 0.408 e. The zero-order valence-electron chi connectivity index (χ0n) is 20.5. The molecule has 1 unspecified atom stereocenters. The fraction of sp³-hybridized carbons (Fsp3) is 0.231. The average molecular weight is 532 g/mol. The van der Waals surface area contributed by atoms with Gasteiger partial charge in [-0.3, -0.25) is 0 Å². The molecule has 36 heavy (non-hydrogen) atoms. The van der Waals surface area contributed by atoms with Crippen LogP contribution in [0.1, 0.15) is 18.1 Å². The number of nitrogens with one attached hydrogen (secondary N) is 1. The van der Waals surface area contributed by atoms with E-state index >= 15 is 0 Å². The summed E-state index contributed by atoms with van der Waals surface area (Å²) in [6, 6.07) is 21.6. The van der Waals surface area contributed by atoms with Crippen molar-refractivity contribution in [3.63, 3.8) is 0 Å². The zero-order chi connectivity index (χ0) is 26.7. The molecule has 0 spiro atoms. The van der Waals surface area contributed by atoms with Gasteiger partial charge in [0.05, 0.1) is 4.90 Å². The highest BCUT2D eigenvalue weighted by atomic mass is 32.2. The molecule has 0 aliphatic carbocycles. The van der Waals surface area contributed by atoms with Crippen LogP contribution in [-0.4, -0.2) is 43.6 Å². The molecule has 3 rings (SSSR count). The number of hydrogen-bond acceptors (Lipinski definition) is 7. The third-order valence-electron chi connectivity index (χ3n) is 4.72. The molecule has 1 atom stereocenters. The van der Waals surface area contributed by atoms with Crippen molar-refractivity contribution in [2.24, 2.45) is 0 Å². The van der Waals surface area contributed by atoms with Crippen molar-refractivity contribution in [2.45, 2.75) is 36.3 Å². The minimum Gasteiger partial charge on any atom is -0.744 e. The molecule has 3 aromatic carbocycles. The summed E-state index contributed by atoms with van der Waals surface area (Å²) in [4.78, 5) is 24.8. The number of hydrogen-bond donors (Lipinski definition) is 1. The normalized spacial score (nSPS) is 11.6. The number of amides is 1. The number of benzene rings is 3. The summed E-state index contributed by atoms with van der Waals surface area (Å²) >= 11 is 0. The van der Waals surface area contributed by atoms with Crippen LogP contribution in [0.4, 0.5) is 4.79 Å². The Morgan fingerprint density at radius 2 is 1.53 bits per heavy atom. The number of aryl methyl sites for hydroxylation is 1. The molecular weight excluding hydrogens is 502 g/mol. The third-order valence-corrected chi connectivity index (χ3v) is 6.79. The number of esters is 1. The van der Waals surface area contributed by atoms with Crippen LogP contribution in [0, 0.1) is 6.92 Å². The van der Waals surface area contributed by atoms with Crippen LogP contribution in [0.5, 0.6) is 5.75 Å². The molecule has 0 fully saturated rings. The molecule has 0 aliphatic heterocycles. The summed E-state index contributed by atoms with van der Waals surface area (Å²) in [6.45, 7) is 3.52. The lowest BCUT2D eigenvalue weighted by molar-refractivity contribution is -0.136. The van der Waals surface area contributed by atoms with E-state index in [1.54, 1.807) is 31.2 Å². The Labute approximate surface area is 214 Å². The molecule has 10 heteroatoms. The van der Waals surface area contributed by atoms with Gasteiger partial charge in [-0.25, -0.2) is 18.0 Å². The van der Waals surface area contributed by atoms with Crippen molar-refractivity contribution < 1.29 is 32.0 Å². The van der Waals surface area contributed by atoms with Crippen molar-refractivity contribution >= 4 is 33.1 Å². The van der Waals surface area contributed by atoms with Crippen molar-refractivity contribution in [1.29, 1.82) is 0 Å². The van der Waals surface area contributed by atoms with E-state index in [4.69, 9.17) is 9.47 Å². The molecule has 3 aromatic rings. The lowest BCUT2D eigenvalue weighted by atomic mass is 10.2. The Morgan fingerprint density at radius 1 is 0.944 bits per heavy atom. The second kappa shape index (κ2) is 13.7. The number of carbonyl (C=O) groups is 2. The topological polar surface area (TPSA) is 122 Å². The highest BCUT2D eigenvalue weighted by Crippen LogP contribution is 2.16. The molecule has 1 amide bonds. The summed E-state index contributed by atoms with van der Waals surface area (Å²) in [5.74, 6) is -0.0955. The first kappa shape index (κ1) is 28.9. The standard InChI is InChI=1S/C19H21NO4S.C7H8O3S/c1-14(20-19(22)23-13-15-7-5-4-6-8-15)18(21)24-16-9-11-17(12-10-16)25(2)3;1-6-2-4-7(5-3-6)11(8,9)10/h4-12,14H,13H2,1-3H3;2-5H,1H3,(H,8,9,10). The molecule has 8 nitrogen and oxygen atoms in total. The largest absolute Gasteiger partial charge is 0.744 e. The van der Waals surface area contributed by atoms with Gasteiger partial charge in [0, 0.05) is 10.9 Å². The molecule has 0 heterocycles. The van der Waals surface area contributed by atoms with Gasteiger partial charge in [0.2, 0.25) is 0 Å². The quantitative estimate of drug-likeness (QED) is 0.211. The Bertz CT molecular complexity index is 1230. The number of rotatable bonds is 7. The van der Waals surface area contributed by atoms with Crippen molar-refractivity contribution in [2.75, 3.05) is 12.5 Å². The SMILES string of the molecule is CC(NC(=O)OCc1ccccc1)C(=O)Oc1ccc([S+](C)C)cc1.Cc1ccc(S(=O)(=O)[O-])cc1. The molecular formula is C26H29NO7S2. The lowest BCUT2D eigenvalue weighted by Gasteiger charge is -2.13. The fourth-order valence-electron chi connectivity index (χ4n) is 2.69. The molecule has 0 saturated heterocycles. The van der Waals surface area contributed by atoms with Gasteiger partial charge in [-0.15, -0.1) is 0 Å². The summed E-state index contributed by atoms with van der Waals surface area (Å²) in [7, 11) is -4.12. The van der Waals surface area contributed by atoms with Gasteiger partial charge in [-0.1, -0.05) is 48.0 Å². The minimum absolute atomic E-state index is 0.145. The second-order valence-corrected chi connectivity index (χ2v) is 11.4. The fourth-order valence-corrected chi connectivity index (χ4v) is 3.84. The summed E-state index contributed by atoms with van der Waals surface area (Å²) in [6.07, 6.45) is 3.58. The van der Waals surface area contributed by atoms with Crippen LogP contribution in [0.25, 0.3) is 0 Å². The van der Waals surface area contributed by atoms with E-state index in [0.29, 0.717) is 5.75 Å². The van der Waals surface area contributed by atoms with E-state index in [0.717, 1.165) is 11.1 Å². The minimum atomic E-state index is -4.27. The maximum atomic E-state index is 12.1. The molecule has 0 radical (unpaired) electrons. The zero-order valence-corrected chi connectivity index (χ0v) is 22.1. The molecule has 0 bridgehead atoms. The van der Waals surface area contributed by atoms with Crippen LogP contribution in [0.15, 0.2) is 88.7 Å². The van der Waals surface area contributed by atoms with Gasteiger partial charge in [0.15, 0.2) is 4.90 Å². The van der Waals surface area contributed by atoms with Crippen LogP contribution in [0.2, 0.25) is 0 Å². The van der Waals surface area contributed by atoms with Gasteiger partial charge < -0.3 is 19.3 Å². The second-order valence-electron chi connectivity index (χ2n) is 7.90. The highest BCUT2D eigenvalue weighted by molar-refractivity contribution is 7.95. The third kappa shape index (κ3) is 10.1. The van der Waals surface area contributed by atoms with Gasteiger partial charge in [-0.2, -0.15) is 0 Å². The van der Waals surface area contributed by atoms with E-state index in [-0.39, 0.29) is 22.4 Å².